The number of carbonyl (C=O) groups excluding carboxylic acids is 1. The Bertz CT molecular complexity index is 1390. The normalized spacial score (nSPS) is 11.1. The van der Waals surface area contributed by atoms with E-state index < -0.39 is 23.5 Å². The molecular formula is C25H20F3N5O2. The predicted molar refractivity (Wildman–Crippen MR) is 124 cm³/mol. The molecule has 0 aliphatic rings. The van der Waals surface area contributed by atoms with E-state index in [9.17, 15) is 18.0 Å². The molecule has 35 heavy (non-hydrogen) atoms. The molecule has 0 saturated carbocycles. The van der Waals surface area contributed by atoms with Gasteiger partial charge in [-0.05, 0) is 36.2 Å². The van der Waals surface area contributed by atoms with Gasteiger partial charge in [0.25, 0.3) is 5.91 Å². The first kappa shape index (κ1) is 23.7. The lowest BCUT2D eigenvalue weighted by Gasteiger charge is -2.13. The molecule has 0 saturated heterocycles. The molecule has 178 valence electrons. The van der Waals surface area contributed by atoms with Crippen molar-refractivity contribution >= 4 is 17.8 Å². The largest absolute Gasteiger partial charge is 0.389 e. The van der Waals surface area contributed by atoms with Crippen LogP contribution in [0.1, 0.15) is 27.3 Å². The molecule has 1 N–H and O–H groups in total. The van der Waals surface area contributed by atoms with Crippen LogP contribution in [0.2, 0.25) is 0 Å². The molecule has 0 unspecified atom stereocenters. The zero-order chi connectivity index (χ0) is 24.9. The predicted octanol–water partition coefficient (Wildman–Crippen LogP) is 5.01. The Balaban J connectivity index is 1.54. The summed E-state index contributed by atoms with van der Waals surface area (Å²) in [6.07, 6.45) is 3.14. The maximum atomic E-state index is 14.7. The molecule has 0 aliphatic heterocycles. The molecule has 2 heterocycles. The number of carbonyl (C=O) groups is 1. The molecular weight excluding hydrogens is 459 g/mol. The fraction of sp³-hybridized carbons (Fsp3) is 0.120. The molecule has 7 nitrogen and oxygen atoms in total. The van der Waals surface area contributed by atoms with E-state index in [0.29, 0.717) is 17.2 Å². The Morgan fingerprint density at radius 1 is 1.14 bits per heavy atom. The maximum absolute atomic E-state index is 14.7. The SMILES string of the molecule is Cc1nn(C)c(F)c1C(=O)Nc1c(F)cc(F)cc1-c1ccc(/C=N/OCc2ccccn2)cc1. The molecule has 0 bridgehead atoms. The topological polar surface area (TPSA) is 81.4 Å². The van der Waals surface area contributed by atoms with E-state index in [2.05, 4.69) is 20.6 Å². The van der Waals surface area contributed by atoms with E-state index in [0.717, 1.165) is 16.4 Å². The molecule has 4 aromatic rings. The number of halogens is 3. The first-order valence-corrected chi connectivity index (χ1v) is 10.5. The molecule has 0 aliphatic carbocycles. The number of benzene rings is 2. The van der Waals surface area contributed by atoms with Crippen LogP contribution in [0, 0.1) is 24.5 Å². The Morgan fingerprint density at radius 2 is 1.91 bits per heavy atom. The number of anilines is 1. The van der Waals surface area contributed by atoms with Crippen LogP contribution in [0.3, 0.4) is 0 Å². The van der Waals surface area contributed by atoms with Crippen molar-refractivity contribution in [3.63, 3.8) is 0 Å². The standard InChI is InChI=1S/C25H20F3N5O2/c1-15-22(24(28)33(2)32-15)25(34)31-23-20(11-18(26)12-21(23)27)17-8-6-16(7-9-17)13-30-35-14-19-5-3-4-10-29-19/h3-13H,14H2,1-2H3,(H,31,34)/b30-13+. The van der Waals surface area contributed by atoms with Gasteiger partial charge in [0.2, 0.25) is 5.95 Å². The van der Waals surface area contributed by atoms with Crippen LogP contribution in [-0.2, 0) is 18.5 Å². The van der Waals surface area contributed by atoms with Crippen LogP contribution in [0.15, 0.2) is 65.9 Å². The number of nitrogens with zero attached hydrogens (tertiary/aromatic N) is 4. The minimum absolute atomic E-state index is 0.0905. The second kappa shape index (κ2) is 10.2. The summed E-state index contributed by atoms with van der Waals surface area (Å²) in [5.74, 6) is -3.58. The molecule has 4 rings (SSSR count). The lowest BCUT2D eigenvalue weighted by atomic mass is 10.0. The van der Waals surface area contributed by atoms with Crippen molar-refractivity contribution in [2.24, 2.45) is 12.2 Å². The monoisotopic (exact) mass is 479 g/mol. The lowest BCUT2D eigenvalue weighted by molar-refractivity contribution is 0.102. The van der Waals surface area contributed by atoms with E-state index in [1.807, 2.05) is 12.1 Å². The number of pyridine rings is 1. The van der Waals surface area contributed by atoms with Gasteiger partial charge in [-0.3, -0.25) is 9.78 Å². The Morgan fingerprint density at radius 3 is 2.57 bits per heavy atom. The molecule has 1 amide bonds. The number of amides is 1. The van der Waals surface area contributed by atoms with Crippen LogP contribution in [0.4, 0.5) is 18.9 Å². The van der Waals surface area contributed by atoms with Crippen molar-refractivity contribution in [1.29, 1.82) is 0 Å². The summed E-state index contributed by atoms with van der Waals surface area (Å²) in [4.78, 5) is 22.0. The molecule has 0 radical (unpaired) electrons. The number of hydrogen-bond acceptors (Lipinski definition) is 5. The fourth-order valence-electron chi connectivity index (χ4n) is 3.43. The third-order valence-electron chi connectivity index (χ3n) is 5.11. The zero-order valence-corrected chi connectivity index (χ0v) is 18.8. The third kappa shape index (κ3) is 5.37. The Kier molecular flexibility index (Phi) is 6.91. The van der Waals surface area contributed by atoms with Crippen molar-refractivity contribution < 1.29 is 22.8 Å². The van der Waals surface area contributed by atoms with E-state index in [-0.39, 0.29) is 29.1 Å². The highest BCUT2D eigenvalue weighted by molar-refractivity contribution is 6.07. The van der Waals surface area contributed by atoms with Gasteiger partial charge in [0.05, 0.1) is 23.3 Å². The summed E-state index contributed by atoms with van der Waals surface area (Å²) in [6, 6.07) is 13.7. The average molecular weight is 479 g/mol. The fourth-order valence-corrected chi connectivity index (χ4v) is 3.43. The van der Waals surface area contributed by atoms with Gasteiger partial charge in [-0.15, -0.1) is 0 Å². The van der Waals surface area contributed by atoms with Crippen LogP contribution in [0.5, 0.6) is 0 Å². The van der Waals surface area contributed by atoms with Crippen molar-refractivity contribution in [1.82, 2.24) is 14.8 Å². The Hall–Kier alpha value is -4.47. The van der Waals surface area contributed by atoms with Gasteiger partial charge in [0.1, 0.15) is 17.2 Å². The van der Waals surface area contributed by atoms with E-state index >= 15 is 0 Å². The van der Waals surface area contributed by atoms with E-state index in [4.69, 9.17) is 4.84 Å². The van der Waals surface area contributed by atoms with E-state index in [1.165, 1.54) is 20.2 Å². The highest BCUT2D eigenvalue weighted by Crippen LogP contribution is 2.32. The van der Waals surface area contributed by atoms with Crippen LogP contribution < -0.4 is 5.32 Å². The molecule has 2 aromatic carbocycles. The van der Waals surface area contributed by atoms with Crippen molar-refractivity contribution in [2.45, 2.75) is 13.5 Å². The van der Waals surface area contributed by atoms with Crippen LogP contribution >= 0.6 is 0 Å². The molecule has 10 heteroatoms. The number of nitrogens with one attached hydrogen (secondary N) is 1. The van der Waals surface area contributed by atoms with Crippen LogP contribution in [0.25, 0.3) is 11.1 Å². The number of rotatable bonds is 7. The van der Waals surface area contributed by atoms with Gasteiger partial charge in [-0.2, -0.15) is 9.49 Å². The van der Waals surface area contributed by atoms with Crippen molar-refractivity contribution in [3.05, 3.63) is 101 Å². The number of hydrogen-bond donors (Lipinski definition) is 1. The summed E-state index contributed by atoms with van der Waals surface area (Å²) in [5, 5.41) is 10.1. The van der Waals surface area contributed by atoms with Gasteiger partial charge in [-0.25, -0.2) is 13.5 Å². The zero-order valence-electron chi connectivity index (χ0n) is 18.8. The number of oxime groups is 1. The van der Waals surface area contributed by atoms with Gasteiger partial charge in [0, 0.05) is 24.9 Å². The molecule has 2 aromatic heterocycles. The minimum Gasteiger partial charge on any atom is -0.389 e. The molecule has 0 spiro atoms. The second-order valence-electron chi connectivity index (χ2n) is 7.59. The van der Waals surface area contributed by atoms with E-state index in [1.54, 1.807) is 36.5 Å². The average Bonchev–Trinajstić information content (AvgIpc) is 3.10. The first-order chi connectivity index (χ1) is 16.8. The molecule has 0 atom stereocenters. The van der Waals surface area contributed by atoms with Crippen LogP contribution in [-0.4, -0.2) is 26.9 Å². The summed E-state index contributed by atoms with van der Waals surface area (Å²) in [7, 11) is 1.34. The Labute approximate surface area is 198 Å². The summed E-state index contributed by atoms with van der Waals surface area (Å²) >= 11 is 0. The van der Waals surface area contributed by atoms with Gasteiger partial charge < -0.3 is 10.2 Å². The first-order valence-electron chi connectivity index (χ1n) is 10.5. The van der Waals surface area contributed by atoms with Gasteiger partial charge in [-0.1, -0.05) is 35.5 Å². The second-order valence-corrected chi connectivity index (χ2v) is 7.59. The smallest absolute Gasteiger partial charge is 0.262 e. The lowest BCUT2D eigenvalue weighted by Crippen LogP contribution is -2.16. The summed E-state index contributed by atoms with van der Waals surface area (Å²) in [5.41, 5.74) is 1.45. The number of aryl methyl sites for hydroxylation is 2. The molecule has 0 fully saturated rings. The third-order valence-corrected chi connectivity index (χ3v) is 5.11. The van der Waals surface area contributed by atoms with Gasteiger partial charge in [0.15, 0.2) is 6.61 Å². The maximum Gasteiger partial charge on any atom is 0.262 e. The van der Waals surface area contributed by atoms with Crippen molar-refractivity contribution in [3.8, 4) is 11.1 Å². The minimum atomic E-state index is -0.996. The highest BCUT2D eigenvalue weighted by Gasteiger charge is 2.23. The highest BCUT2D eigenvalue weighted by atomic mass is 19.1. The summed E-state index contributed by atoms with van der Waals surface area (Å²) < 4.78 is 43.9. The quantitative estimate of drug-likeness (QED) is 0.298. The summed E-state index contributed by atoms with van der Waals surface area (Å²) in [6.45, 7) is 1.67. The number of aromatic nitrogens is 3. The van der Waals surface area contributed by atoms with Gasteiger partial charge >= 0.3 is 0 Å². The van der Waals surface area contributed by atoms with Crippen molar-refractivity contribution in [2.75, 3.05) is 5.32 Å².